The highest BCUT2D eigenvalue weighted by atomic mass is 32.2. The molecule has 1 heterocycles. The lowest BCUT2D eigenvalue weighted by atomic mass is 10.1. The van der Waals surface area contributed by atoms with Gasteiger partial charge in [-0.25, -0.2) is 0 Å². The third-order valence-electron chi connectivity index (χ3n) is 2.92. The summed E-state index contributed by atoms with van der Waals surface area (Å²) < 4.78 is 1.82. The molecule has 0 amide bonds. The van der Waals surface area contributed by atoms with Crippen molar-refractivity contribution >= 4 is 34.7 Å². The first-order chi connectivity index (χ1) is 10.2. The van der Waals surface area contributed by atoms with Crippen LogP contribution in [0.1, 0.15) is 18.9 Å². The second kappa shape index (κ2) is 7.99. The van der Waals surface area contributed by atoms with Crippen LogP contribution in [0.15, 0.2) is 35.5 Å². The number of hydrogen-bond acceptors (Lipinski definition) is 5. The number of aromatic nitrogens is 3. The number of anilines is 1. The molecule has 0 aliphatic rings. The first kappa shape index (κ1) is 15.8. The Balaban J connectivity index is 1.98. The van der Waals surface area contributed by atoms with Crippen molar-refractivity contribution in [3.8, 4) is 0 Å². The largest absolute Gasteiger partial charge is 0.389 e. The molecule has 1 aromatic heterocycles. The maximum atomic E-state index is 5.88. The van der Waals surface area contributed by atoms with E-state index in [2.05, 4.69) is 28.6 Å². The average Bonchev–Trinajstić information content (AvgIpc) is 2.97. The molecule has 2 aromatic rings. The van der Waals surface area contributed by atoms with Gasteiger partial charge >= 0.3 is 0 Å². The van der Waals surface area contributed by atoms with Gasteiger partial charge in [0.15, 0.2) is 0 Å². The summed E-state index contributed by atoms with van der Waals surface area (Å²) in [6.45, 7) is 3.78. The molecule has 112 valence electrons. The number of nitrogens with one attached hydrogen (secondary N) is 1. The highest BCUT2D eigenvalue weighted by Crippen LogP contribution is 2.28. The summed E-state index contributed by atoms with van der Waals surface area (Å²) in [5.74, 6) is 0.991. The molecule has 3 N–H and O–H groups in total. The fourth-order valence-corrected chi connectivity index (χ4v) is 3.16. The average molecular weight is 321 g/mol. The van der Waals surface area contributed by atoms with Crippen LogP contribution in [0.2, 0.25) is 0 Å². The molecule has 0 saturated heterocycles. The van der Waals surface area contributed by atoms with Crippen molar-refractivity contribution in [1.82, 2.24) is 15.0 Å². The molecule has 0 saturated carbocycles. The Labute approximate surface area is 134 Å². The molecule has 0 fully saturated rings. The number of thioether (sulfide) groups is 1. The first-order valence-corrected chi connectivity index (χ1v) is 8.25. The number of benzene rings is 1. The third-order valence-corrected chi connectivity index (χ3v) is 4.07. The number of thiocarbonyl (C=S) groups is 1. The van der Waals surface area contributed by atoms with Crippen molar-refractivity contribution in [1.29, 1.82) is 0 Å². The van der Waals surface area contributed by atoms with Crippen molar-refractivity contribution < 1.29 is 0 Å². The van der Waals surface area contributed by atoms with Gasteiger partial charge in [-0.1, -0.05) is 30.4 Å². The monoisotopic (exact) mass is 321 g/mol. The van der Waals surface area contributed by atoms with Gasteiger partial charge in [0, 0.05) is 35.4 Å². The van der Waals surface area contributed by atoms with Gasteiger partial charge < -0.3 is 11.1 Å². The van der Waals surface area contributed by atoms with Crippen molar-refractivity contribution in [3.05, 3.63) is 36.2 Å². The summed E-state index contributed by atoms with van der Waals surface area (Å²) in [6.07, 6.45) is 4.49. The molecule has 7 heteroatoms. The van der Waals surface area contributed by atoms with E-state index in [1.165, 1.54) is 0 Å². The predicted octanol–water partition coefficient (Wildman–Crippen LogP) is 2.53. The zero-order valence-electron chi connectivity index (χ0n) is 12.0. The molecule has 21 heavy (non-hydrogen) atoms. The Morgan fingerprint density at radius 3 is 3.00 bits per heavy atom. The molecule has 0 atom stereocenters. The quantitative estimate of drug-likeness (QED) is 0.442. The molecule has 0 radical (unpaired) electrons. The SMILES string of the molecule is CCSc1cccc(NCCCn2ccnn2)c1C(N)=S. The van der Waals surface area contributed by atoms with Gasteiger partial charge in [0.25, 0.3) is 0 Å². The molecule has 0 aliphatic heterocycles. The fraction of sp³-hybridized carbons (Fsp3) is 0.357. The minimum absolute atomic E-state index is 0.435. The van der Waals surface area contributed by atoms with Crippen LogP contribution in [-0.4, -0.2) is 32.3 Å². The molecule has 0 bridgehead atoms. The van der Waals surface area contributed by atoms with Crippen LogP contribution in [0.4, 0.5) is 5.69 Å². The summed E-state index contributed by atoms with van der Waals surface area (Å²) >= 11 is 6.95. The minimum atomic E-state index is 0.435. The van der Waals surface area contributed by atoms with Crippen LogP contribution in [0.5, 0.6) is 0 Å². The van der Waals surface area contributed by atoms with E-state index in [4.69, 9.17) is 18.0 Å². The smallest absolute Gasteiger partial charge is 0.107 e. The van der Waals surface area contributed by atoms with Gasteiger partial charge in [-0.15, -0.1) is 16.9 Å². The van der Waals surface area contributed by atoms with E-state index in [1.807, 2.05) is 23.0 Å². The van der Waals surface area contributed by atoms with Gasteiger partial charge in [0.05, 0.1) is 6.20 Å². The maximum absolute atomic E-state index is 5.88. The van der Waals surface area contributed by atoms with E-state index in [0.29, 0.717) is 4.99 Å². The Kier molecular flexibility index (Phi) is 6.01. The van der Waals surface area contributed by atoms with Crippen LogP contribution < -0.4 is 11.1 Å². The molecular weight excluding hydrogens is 302 g/mol. The lowest BCUT2D eigenvalue weighted by Crippen LogP contribution is -2.16. The number of nitrogens with zero attached hydrogens (tertiary/aromatic N) is 3. The molecule has 0 unspecified atom stereocenters. The fourth-order valence-electron chi connectivity index (χ4n) is 2.02. The third kappa shape index (κ3) is 4.44. The van der Waals surface area contributed by atoms with E-state index >= 15 is 0 Å². The second-order valence-electron chi connectivity index (χ2n) is 4.42. The lowest BCUT2D eigenvalue weighted by molar-refractivity contribution is 0.570. The maximum Gasteiger partial charge on any atom is 0.107 e. The Hall–Kier alpha value is -1.60. The normalized spacial score (nSPS) is 10.5. The molecule has 1 aromatic carbocycles. The van der Waals surface area contributed by atoms with E-state index in [-0.39, 0.29) is 0 Å². The molecular formula is C14H19N5S2. The molecule has 0 aliphatic carbocycles. The van der Waals surface area contributed by atoms with Gasteiger partial charge in [-0.05, 0) is 24.3 Å². The Morgan fingerprint density at radius 1 is 1.48 bits per heavy atom. The van der Waals surface area contributed by atoms with Gasteiger partial charge in [-0.2, -0.15) is 0 Å². The van der Waals surface area contributed by atoms with Crippen molar-refractivity contribution in [2.45, 2.75) is 24.8 Å². The molecule has 2 rings (SSSR count). The second-order valence-corrected chi connectivity index (χ2v) is 6.17. The van der Waals surface area contributed by atoms with E-state index in [9.17, 15) is 0 Å². The minimum Gasteiger partial charge on any atom is -0.389 e. The van der Waals surface area contributed by atoms with Gasteiger partial charge in [0.1, 0.15) is 4.99 Å². The van der Waals surface area contributed by atoms with Crippen molar-refractivity contribution in [3.63, 3.8) is 0 Å². The first-order valence-electron chi connectivity index (χ1n) is 6.86. The van der Waals surface area contributed by atoms with Crippen LogP contribution in [0.25, 0.3) is 0 Å². The highest BCUT2D eigenvalue weighted by Gasteiger charge is 2.10. The standard InChI is InChI=1S/C14H19N5S2/c1-2-21-12-6-3-5-11(13(12)14(15)20)16-7-4-9-19-10-8-17-18-19/h3,5-6,8,10,16H,2,4,7,9H2,1H3,(H2,15,20). The van der Waals surface area contributed by atoms with E-state index < -0.39 is 0 Å². The van der Waals surface area contributed by atoms with Crippen LogP contribution in [0, 0.1) is 0 Å². The summed E-state index contributed by atoms with van der Waals surface area (Å²) in [4.78, 5) is 1.57. The molecule has 0 spiro atoms. The number of hydrogen-bond donors (Lipinski definition) is 2. The van der Waals surface area contributed by atoms with E-state index in [0.717, 1.165) is 41.4 Å². The number of rotatable bonds is 8. The van der Waals surface area contributed by atoms with Gasteiger partial charge in [0.2, 0.25) is 0 Å². The van der Waals surface area contributed by atoms with Crippen LogP contribution >= 0.6 is 24.0 Å². The summed E-state index contributed by atoms with van der Waals surface area (Å²) in [5, 5.41) is 11.1. The zero-order chi connectivity index (χ0) is 15.1. The Morgan fingerprint density at radius 2 is 2.33 bits per heavy atom. The van der Waals surface area contributed by atoms with E-state index in [1.54, 1.807) is 18.0 Å². The van der Waals surface area contributed by atoms with Gasteiger partial charge in [-0.3, -0.25) is 4.68 Å². The predicted molar refractivity (Wildman–Crippen MR) is 91.9 cm³/mol. The van der Waals surface area contributed by atoms with Crippen LogP contribution in [0.3, 0.4) is 0 Å². The number of aryl methyl sites for hydroxylation is 1. The Bertz CT molecular complexity index is 583. The summed E-state index contributed by atoms with van der Waals surface area (Å²) in [7, 11) is 0. The van der Waals surface area contributed by atoms with Crippen LogP contribution in [-0.2, 0) is 6.54 Å². The van der Waals surface area contributed by atoms with Crippen molar-refractivity contribution in [2.75, 3.05) is 17.6 Å². The number of nitrogens with two attached hydrogens (primary N) is 1. The highest BCUT2D eigenvalue weighted by molar-refractivity contribution is 7.99. The molecule has 5 nitrogen and oxygen atoms in total. The summed E-state index contributed by atoms with van der Waals surface area (Å²) in [5.41, 5.74) is 7.83. The lowest BCUT2D eigenvalue weighted by Gasteiger charge is -2.14. The zero-order valence-corrected chi connectivity index (χ0v) is 13.6. The van der Waals surface area contributed by atoms with Crippen molar-refractivity contribution in [2.24, 2.45) is 5.73 Å². The summed E-state index contributed by atoms with van der Waals surface area (Å²) in [6, 6.07) is 6.10. The topological polar surface area (TPSA) is 68.8 Å².